The van der Waals surface area contributed by atoms with Crippen LogP contribution in [0, 0.1) is 0 Å². The lowest BCUT2D eigenvalue weighted by Gasteiger charge is -2.01. The lowest BCUT2D eigenvalue weighted by molar-refractivity contribution is -0.156. The molecular weight excluding hydrogens is 237 g/mol. The fourth-order valence-electron chi connectivity index (χ4n) is 0.747. The minimum absolute atomic E-state index is 0.0599. The van der Waals surface area contributed by atoms with Crippen molar-refractivity contribution < 1.29 is 29.4 Å². The third kappa shape index (κ3) is 8.31. The van der Waals surface area contributed by atoms with E-state index in [4.69, 9.17) is 10.2 Å². The van der Waals surface area contributed by atoms with Crippen LogP contribution in [0.15, 0.2) is 0 Å². The molecule has 16 heavy (non-hydrogen) atoms. The molecule has 92 valence electrons. The number of carbonyl (C=O) groups is 2. The van der Waals surface area contributed by atoms with Gasteiger partial charge in [0.1, 0.15) is 0 Å². The zero-order chi connectivity index (χ0) is 12.6. The largest absolute Gasteiger partial charge is 0.629 e. The number of nitrogens with one attached hydrogen (secondary N) is 1. The van der Waals surface area contributed by atoms with Crippen LogP contribution in [0.1, 0.15) is 12.8 Å². The maximum atomic E-state index is 11.1. The molecule has 0 aromatic carbocycles. The monoisotopic (exact) mass is 251 g/mol. The Labute approximate surface area is 93.5 Å². The minimum atomic E-state index is -2.01. The van der Waals surface area contributed by atoms with Crippen molar-refractivity contribution in [3.8, 4) is 0 Å². The number of carbonyl (C=O) groups excluding carboxylic acids is 2. The van der Waals surface area contributed by atoms with E-state index in [2.05, 4.69) is 10.1 Å². The molecule has 0 aliphatic carbocycles. The molecule has 1 amide bonds. The molecule has 8 heteroatoms. The van der Waals surface area contributed by atoms with Crippen LogP contribution >= 0.6 is 7.77 Å². The Bertz CT molecular complexity index is 278. The van der Waals surface area contributed by atoms with Gasteiger partial charge in [-0.05, 0) is 0 Å². The Hall–Kier alpha value is -1.01. The van der Waals surface area contributed by atoms with E-state index >= 15 is 0 Å². The van der Waals surface area contributed by atoms with Crippen LogP contribution in [0.3, 0.4) is 0 Å². The van der Waals surface area contributed by atoms with Crippen LogP contribution in [0.2, 0.25) is 0 Å². The number of rotatable bonds is 6. The molecule has 3 N–H and O–H groups in total. The summed E-state index contributed by atoms with van der Waals surface area (Å²) in [7, 11) is -0.791. The van der Waals surface area contributed by atoms with Crippen LogP contribution in [0.5, 0.6) is 0 Å². The van der Waals surface area contributed by atoms with Crippen molar-refractivity contribution in [2.45, 2.75) is 19.1 Å². The number of ether oxygens (including phenoxy) is 1. The zero-order valence-corrected chi connectivity index (χ0v) is 9.65. The Morgan fingerprint density at radius 1 is 1.50 bits per heavy atom. The molecule has 0 aliphatic heterocycles. The number of aliphatic hydroxyl groups excluding tert-OH is 1. The van der Waals surface area contributed by atoms with Gasteiger partial charge in [-0.1, -0.05) is 0 Å². The maximum absolute atomic E-state index is 11.1. The average Bonchev–Trinajstić information content (AvgIpc) is 2.22. The molecule has 0 aromatic heterocycles. The first-order valence-corrected chi connectivity index (χ1v) is 5.96. The van der Waals surface area contributed by atoms with E-state index in [-0.39, 0.29) is 19.0 Å². The van der Waals surface area contributed by atoms with Gasteiger partial charge in [-0.15, -0.1) is 0 Å². The molecule has 0 saturated carbocycles. The van der Waals surface area contributed by atoms with Crippen molar-refractivity contribution in [3.05, 3.63) is 0 Å². The van der Waals surface area contributed by atoms with Crippen molar-refractivity contribution in [1.82, 2.24) is 5.32 Å². The topological polar surface area (TPSA) is 119 Å². The lowest BCUT2D eigenvalue weighted by atomic mass is 10.3. The van der Waals surface area contributed by atoms with Crippen LogP contribution < -0.4 is 10.2 Å². The number of hydrogen-bond donors (Lipinski definition) is 3. The molecule has 0 saturated heterocycles. The highest BCUT2D eigenvalue weighted by molar-refractivity contribution is 7.49. The molecule has 7 nitrogen and oxygen atoms in total. The highest BCUT2D eigenvalue weighted by Gasteiger charge is 2.08. The number of aliphatic hydroxyl groups is 2. The second-order valence-corrected chi connectivity index (χ2v) is 4.31. The first-order valence-electron chi connectivity index (χ1n) is 4.45. The Morgan fingerprint density at radius 2 is 2.12 bits per heavy atom. The SMILES string of the molecule is COC(=O)CCC(=O)N/C=[P+](\[O-])CC(O)O. The molecule has 0 aromatic rings. The van der Waals surface area contributed by atoms with Gasteiger partial charge >= 0.3 is 5.97 Å². The Morgan fingerprint density at radius 3 is 2.62 bits per heavy atom. The predicted molar refractivity (Wildman–Crippen MR) is 55.5 cm³/mol. The number of hydrogen-bond acceptors (Lipinski definition) is 6. The number of amides is 1. The van der Waals surface area contributed by atoms with Gasteiger partial charge in [-0.2, -0.15) is 0 Å². The predicted octanol–water partition coefficient (Wildman–Crippen LogP) is -2.12. The van der Waals surface area contributed by atoms with Gasteiger partial charge in [-0.3, -0.25) is 14.9 Å². The third-order valence-corrected chi connectivity index (χ3v) is 2.60. The standard InChI is InChI=1S/C8H14NO6P/c1-15-8(13)3-2-6(10)9-5-16(14)4-7(11)12/h5,7,11-12H,2-4H2,1H3,(H,9,10). The zero-order valence-electron chi connectivity index (χ0n) is 8.75. The second-order valence-electron chi connectivity index (χ2n) is 2.85. The third-order valence-electron chi connectivity index (χ3n) is 1.50. The fourth-order valence-corrected chi connectivity index (χ4v) is 1.46. The quantitative estimate of drug-likeness (QED) is 0.282. The van der Waals surface area contributed by atoms with Gasteiger partial charge in [-0.25, -0.2) is 0 Å². The van der Waals surface area contributed by atoms with Crippen molar-refractivity contribution in [1.29, 1.82) is 0 Å². The van der Waals surface area contributed by atoms with E-state index in [0.717, 1.165) is 5.92 Å². The Balaban J connectivity index is 3.84. The Kier molecular flexibility index (Phi) is 7.66. The second kappa shape index (κ2) is 8.18. The van der Waals surface area contributed by atoms with Gasteiger partial charge in [0.05, 0.1) is 21.3 Å². The summed E-state index contributed by atoms with van der Waals surface area (Å²) in [5, 5.41) is 19.1. The molecule has 0 spiro atoms. The van der Waals surface area contributed by atoms with E-state index in [1.165, 1.54) is 7.11 Å². The molecule has 0 rings (SSSR count). The van der Waals surface area contributed by atoms with E-state index < -0.39 is 25.9 Å². The summed E-state index contributed by atoms with van der Waals surface area (Å²) in [5.74, 6) is -0.0134. The highest BCUT2D eigenvalue weighted by atomic mass is 31.1. The molecule has 0 fully saturated rings. The average molecular weight is 251 g/mol. The van der Waals surface area contributed by atoms with E-state index in [9.17, 15) is 14.5 Å². The van der Waals surface area contributed by atoms with Crippen LogP contribution in [-0.2, 0) is 14.3 Å². The molecule has 0 heterocycles. The van der Waals surface area contributed by atoms with Crippen LogP contribution in [0.25, 0.3) is 0 Å². The smallest absolute Gasteiger partial charge is 0.306 e. The number of esters is 1. The van der Waals surface area contributed by atoms with Crippen LogP contribution in [0.4, 0.5) is 0 Å². The van der Waals surface area contributed by atoms with E-state index in [1.54, 1.807) is 0 Å². The molecule has 0 aliphatic rings. The summed E-state index contributed by atoms with van der Waals surface area (Å²) in [5.41, 5.74) is 0. The van der Waals surface area contributed by atoms with Gasteiger partial charge in [0, 0.05) is 6.42 Å². The maximum Gasteiger partial charge on any atom is 0.306 e. The van der Waals surface area contributed by atoms with Crippen molar-refractivity contribution in [3.63, 3.8) is 0 Å². The van der Waals surface area contributed by atoms with Gasteiger partial charge in [0.15, 0.2) is 18.4 Å². The minimum Gasteiger partial charge on any atom is -0.629 e. The molecule has 1 unspecified atom stereocenters. The molecule has 0 radical (unpaired) electrons. The van der Waals surface area contributed by atoms with Gasteiger partial charge in [0.25, 0.3) is 0 Å². The van der Waals surface area contributed by atoms with Crippen molar-refractivity contribution in [2.24, 2.45) is 0 Å². The normalized spacial score (nSPS) is 11.4. The van der Waals surface area contributed by atoms with Crippen LogP contribution in [-0.4, -0.2) is 47.6 Å². The molecule has 0 bridgehead atoms. The summed E-state index contributed by atoms with van der Waals surface area (Å²) in [6.45, 7) is 0. The molecule has 1 atom stereocenters. The summed E-state index contributed by atoms with van der Waals surface area (Å²) < 4.78 is 4.33. The summed E-state index contributed by atoms with van der Waals surface area (Å²) in [6.07, 6.45) is -2.15. The highest BCUT2D eigenvalue weighted by Crippen LogP contribution is 2.08. The number of methoxy groups -OCH3 is 1. The van der Waals surface area contributed by atoms with Crippen molar-refractivity contribution in [2.75, 3.05) is 13.3 Å². The van der Waals surface area contributed by atoms with Gasteiger partial charge < -0.3 is 19.8 Å². The summed E-state index contributed by atoms with van der Waals surface area (Å²) in [4.78, 5) is 32.7. The van der Waals surface area contributed by atoms with E-state index in [1.807, 2.05) is 0 Å². The fraction of sp³-hybridized carbons (Fsp3) is 0.625. The summed E-state index contributed by atoms with van der Waals surface area (Å²) in [6, 6.07) is 0. The van der Waals surface area contributed by atoms with Gasteiger partial charge in [0.2, 0.25) is 5.91 Å². The molecular formula is C8H14NO6P. The van der Waals surface area contributed by atoms with E-state index in [0.29, 0.717) is 0 Å². The first-order chi connectivity index (χ1) is 7.45. The first kappa shape index (κ1) is 15.0. The summed E-state index contributed by atoms with van der Waals surface area (Å²) >= 11 is 0. The lowest BCUT2D eigenvalue weighted by Crippen LogP contribution is -2.24. The van der Waals surface area contributed by atoms with Crippen molar-refractivity contribution >= 4 is 25.6 Å².